The highest BCUT2D eigenvalue weighted by Gasteiger charge is 2.52. The average molecular weight is 192 g/mol. The molecule has 0 aromatic rings. The number of nitrogens with two attached hydrogens (primary N) is 1. The normalized spacial score (nSPS) is 51.2. The maximum atomic E-state index is 6.12. The second-order valence-corrected chi connectivity index (χ2v) is 5.81. The highest BCUT2D eigenvalue weighted by atomic mass is 14.9. The maximum absolute atomic E-state index is 6.12. The van der Waals surface area contributed by atoms with E-state index >= 15 is 0 Å². The molecule has 0 amide bonds. The molecular weight excluding hydrogens is 172 g/mol. The first-order valence-electron chi connectivity index (χ1n) is 5.94. The monoisotopic (exact) mass is 192 g/mol. The number of aliphatic imine (C=N–C) groups is 1. The number of nitrogens with zero attached hydrogens (tertiary/aromatic N) is 1. The average Bonchev–Trinajstić information content (AvgIpc) is 2.14. The Labute approximate surface area is 86.0 Å². The topological polar surface area (TPSA) is 38.4 Å². The van der Waals surface area contributed by atoms with Crippen LogP contribution >= 0.6 is 0 Å². The van der Waals surface area contributed by atoms with Crippen molar-refractivity contribution in [2.45, 2.75) is 38.5 Å². The molecule has 0 saturated heterocycles. The van der Waals surface area contributed by atoms with Crippen molar-refractivity contribution in [2.75, 3.05) is 7.05 Å². The minimum atomic E-state index is 0.337. The van der Waals surface area contributed by atoms with Crippen molar-refractivity contribution in [3.8, 4) is 0 Å². The third kappa shape index (κ3) is 1.06. The zero-order valence-electron chi connectivity index (χ0n) is 9.00. The Morgan fingerprint density at radius 2 is 1.50 bits per heavy atom. The molecular formula is C12H20N2. The summed E-state index contributed by atoms with van der Waals surface area (Å²) >= 11 is 0. The minimum absolute atomic E-state index is 0.337. The van der Waals surface area contributed by atoms with Crippen molar-refractivity contribution in [1.29, 1.82) is 0 Å². The molecule has 0 radical (unpaired) electrons. The SMILES string of the molecule is CN=C(N)C12CC3CC(CC(C3)C1)C2. The largest absolute Gasteiger partial charge is 0.387 e. The van der Waals surface area contributed by atoms with Crippen molar-refractivity contribution in [3.63, 3.8) is 0 Å². The van der Waals surface area contributed by atoms with E-state index in [4.69, 9.17) is 5.73 Å². The summed E-state index contributed by atoms with van der Waals surface area (Å²) in [7, 11) is 1.86. The summed E-state index contributed by atoms with van der Waals surface area (Å²) in [6.45, 7) is 0. The summed E-state index contributed by atoms with van der Waals surface area (Å²) in [5, 5.41) is 0. The molecule has 2 nitrogen and oxygen atoms in total. The van der Waals surface area contributed by atoms with E-state index in [2.05, 4.69) is 4.99 Å². The van der Waals surface area contributed by atoms with E-state index in [1.54, 1.807) is 0 Å². The lowest BCUT2D eigenvalue weighted by molar-refractivity contribution is -0.0130. The Kier molecular flexibility index (Phi) is 1.71. The van der Waals surface area contributed by atoms with Gasteiger partial charge in [0.25, 0.3) is 0 Å². The van der Waals surface area contributed by atoms with Gasteiger partial charge in [-0.1, -0.05) is 0 Å². The van der Waals surface area contributed by atoms with Gasteiger partial charge in [-0.05, 0) is 56.3 Å². The van der Waals surface area contributed by atoms with Crippen LogP contribution in [0, 0.1) is 23.2 Å². The Balaban J connectivity index is 1.94. The molecule has 0 heterocycles. The highest BCUT2D eigenvalue weighted by Crippen LogP contribution is 2.59. The lowest BCUT2D eigenvalue weighted by Gasteiger charge is -2.56. The Morgan fingerprint density at radius 3 is 1.86 bits per heavy atom. The number of amidine groups is 1. The molecule has 0 spiro atoms. The third-order valence-corrected chi connectivity index (χ3v) is 4.82. The predicted molar refractivity (Wildman–Crippen MR) is 58.2 cm³/mol. The van der Waals surface area contributed by atoms with E-state index in [-0.39, 0.29) is 0 Å². The summed E-state index contributed by atoms with van der Waals surface area (Å²) in [4.78, 5) is 4.27. The van der Waals surface area contributed by atoms with E-state index in [1.807, 2.05) is 7.05 Å². The van der Waals surface area contributed by atoms with Gasteiger partial charge in [0.15, 0.2) is 0 Å². The summed E-state index contributed by atoms with van der Waals surface area (Å²) in [5.74, 6) is 3.88. The first kappa shape index (κ1) is 8.75. The van der Waals surface area contributed by atoms with Crippen LogP contribution in [0.5, 0.6) is 0 Å². The minimum Gasteiger partial charge on any atom is -0.387 e. The van der Waals surface area contributed by atoms with Crippen LogP contribution in [0.2, 0.25) is 0 Å². The van der Waals surface area contributed by atoms with Crippen molar-refractivity contribution in [3.05, 3.63) is 0 Å². The summed E-state index contributed by atoms with van der Waals surface area (Å²) < 4.78 is 0. The van der Waals surface area contributed by atoms with Gasteiger partial charge in [0.05, 0.1) is 5.84 Å². The molecule has 4 saturated carbocycles. The van der Waals surface area contributed by atoms with Crippen LogP contribution < -0.4 is 5.73 Å². The van der Waals surface area contributed by atoms with Crippen LogP contribution in [0.3, 0.4) is 0 Å². The molecule has 0 aromatic heterocycles. The van der Waals surface area contributed by atoms with Gasteiger partial charge in [0.2, 0.25) is 0 Å². The van der Waals surface area contributed by atoms with E-state index in [9.17, 15) is 0 Å². The smallest absolute Gasteiger partial charge is 0.0996 e. The lowest BCUT2D eigenvalue weighted by Crippen LogP contribution is -2.52. The van der Waals surface area contributed by atoms with Crippen LogP contribution in [0.4, 0.5) is 0 Å². The number of hydrogen-bond acceptors (Lipinski definition) is 1. The molecule has 4 bridgehead atoms. The highest BCUT2D eigenvalue weighted by molar-refractivity contribution is 5.86. The fourth-order valence-corrected chi connectivity index (χ4v) is 4.66. The molecule has 4 rings (SSSR count). The Morgan fingerprint density at radius 1 is 1.07 bits per heavy atom. The fourth-order valence-electron chi connectivity index (χ4n) is 4.66. The van der Waals surface area contributed by atoms with Gasteiger partial charge >= 0.3 is 0 Å². The number of hydrogen-bond donors (Lipinski definition) is 1. The maximum Gasteiger partial charge on any atom is 0.0996 e. The van der Waals surface area contributed by atoms with Gasteiger partial charge in [-0.25, -0.2) is 0 Å². The second kappa shape index (κ2) is 2.74. The molecule has 14 heavy (non-hydrogen) atoms. The third-order valence-electron chi connectivity index (χ3n) is 4.82. The molecule has 0 atom stereocenters. The van der Waals surface area contributed by atoms with Crippen LogP contribution in [0.1, 0.15) is 38.5 Å². The Bertz CT molecular complexity index is 245. The zero-order valence-corrected chi connectivity index (χ0v) is 9.00. The van der Waals surface area contributed by atoms with Gasteiger partial charge in [0, 0.05) is 12.5 Å². The molecule has 4 aliphatic rings. The van der Waals surface area contributed by atoms with Crippen molar-refractivity contribution < 1.29 is 0 Å². The fraction of sp³-hybridized carbons (Fsp3) is 0.917. The predicted octanol–water partition coefficient (Wildman–Crippen LogP) is 2.19. The quantitative estimate of drug-likeness (QED) is 0.502. The van der Waals surface area contributed by atoms with E-state index in [0.717, 1.165) is 23.6 Å². The van der Waals surface area contributed by atoms with Crippen LogP contribution in [-0.4, -0.2) is 12.9 Å². The van der Waals surface area contributed by atoms with Crippen molar-refractivity contribution in [2.24, 2.45) is 33.9 Å². The van der Waals surface area contributed by atoms with Crippen molar-refractivity contribution >= 4 is 5.84 Å². The van der Waals surface area contributed by atoms with Gasteiger partial charge in [0.1, 0.15) is 0 Å². The summed E-state index contributed by atoms with van der Waals surface area (Å²) in [6.07, 6.45) is 8.45. The van der Waals surface area contributed by atoms with Crippen molar-refractivity contribution in [1.82, 2.24) is 0 Å². The van der Waals surface area contributed by atoms with Gasteiger partial charge in [-0.2, -0.15) is 0 Å². The molecule has 4 fully saturated rings. The van der Waals surface area contributed by atoms with Crippen LogP contribution in [0.25, 0.3) is 0 Å². The molecule has 2 heteroatoms. The molecule has 0 aromatic carbocycles. The summed E-state index contributed by atoms with van der Waals surface area (Å²) in [6, 6.07) is 0. The molecule has 78 valence electrons. The first-order chi connectivity index (χ1) is 6.72. The zero-order chi connectivity index (χ0) is 9.76. The van der Waals surface area contributed by atoms with Gasteiger partial charge in [-0.3, -0.25) is 4.99 Å². The molecule has 0 unspecified atom stereocenters. The molecule has 0 aliphatic heterocycles. The summed E-state index contributed by atoms with van der Waals surface area (Å²) in [5.41, 5.74) is 6.46. The molecule has 2 N–H and O–H groups in total. The number of rotatable bonds is 1. The van der Waals surface area contributed by atoms with Gasteiger partial charge < -0.3 is 5.73 Å². The van der Waals surface area contributed by atoms with E-state index in [1.165, 1.54) is 38.5 Å². The second-order valence-electron chi connectivity index (χ2n) is 5.81. The van der Waals surface area contributed by atoms with Crippen LogP contribution in [0.15, 0.2) is 4.99 Å². The standard InChI is InChI=1S/C12H20N2/c1-14-11(13)12-5-8-2-9(6-12)4-10(3-8)7-12/h8-10H,2-7H2,1H3,(H2,13,14). The molecule has 4 aliphatic carbocycles. The van der Waals surface area contributed by atoms with Crippen LogP contribution in [-0.2, 0) is 0 Å². The van der Waals surface area contributed by atoms with E-state index < -0.39 is 0 Å². The lowest BCUT2D eigenvalue weighted by atomic mass is 9.49. The van der Waals surface area contributed by atoms with Gasteiger partial charge in [-0.15, -0.1) is 0 Å². The van der Waals surface area contributed by atoms with E-state index in [0.29, 0.717) is 5.41 Å². The first-order valence-corrected chi connectivity index (χ1v) is 5.94. The Hall–Kier alpha value is -0.530.